The second kappa shape index (κ2) is 15.9. The van der Waals surface area contributed by atoms with E-state index < -0.39 is 20.8 Å². The first-order valence-corrected chi connectivity index (χ1v) is 19.9. The Hall–Kier alpha value is -5.00. The van der Waals surface area contributed by atoms with Crippen LogP contribution in [0.4, 0.5) is 4.39 Å². The zero-order chi connectivity index (χ0) is 38.1. The Bertz CT molecular complexity index is 2560. The number of halogens is 1. The van der Waals surface area contributed by atoms with Crippen LogP contribution in [0.5, 0.6) is 0 Å². The zero-order valence-electron chi connectivity index (χ0n) is 32.4. The Morgan fingerprint density at radius 2 is 1.41 bits per heavy atom. The molecule has 0 saturated carbocycles. The number of aromatic nitrogens is 2. The van der Waals surface area contributed by atoms with Gasteiger partial charge in [-0.1, -0.05) is 127 Å². The average Bonchev–Trinajstić information content (AvgIpc) is 3.58. The smallest absolute Gasteiger partial charge is 0.120 e. The first-order chi connectivity index (χ1) is 25.8. The van der Waals surface area contributed by atoms with Crippen molar-refractivity contribution in [2.24, 2.45) is 0 Å². The molecule has 255 valence electrons. The van der Waals surface area contributed by atoms with Crippen LogP contribution in [0.1, 0.15) is 27.7 Å². The summed E-state index contributed by atoms with van der Waals surface area (Å²) in [6.07, 6.45) is 0.158. The number of hydrogen-bond donors (Lipinski definition) is 0. The summed E-state index contributed by atoms with van der Waals surface area (Å²) in [7, 11) is -1.83. The van der Waals surface area contributed by atoms with Crippen LogP contribution in [-0.2, 0) is 32.9 Å². The molecular formula is C45H37FIrN2OSi-2. The van der Waals surface area contributed by atoms with Crippen LogP contribution in [0, 0.1) is 17.9 Å². The molecule has 0 N–H and O–H groups in total. The van der Waals surface area contributed by atoms with Gasteiger partial charge in [0.1, 0.15) is 5.58 Å². The van der Waals surface area contributed by atoms with E-state index in [1.54, 1.807) is 60.9 Å². The Morgan fingerprint density at radius 3 is 2.12 bits per heavy atom. The second-order valence-corrected chi connectivity index (χ2v) is 17.9. The van der Waals surface area contributed by atoms with Gasteiger partial charge in [-0.15, -0.1) is 48.0 Å². The van der Waals surface area contributed by atoms with Crippen molar-refractivity contribution in [3.8, 4) is 22.5 Å². The second-order valence-electron chi connectivity index (χ2n) is 12.9. The average molecular weight is 865 g/mol. The summed E-state index contributed by atoms with van der Waals surface area (Å²) in [5.74, 6) is -0.354. The van der Waals surface area contributed by atoms with Crippen LogP contribution in [0.3, 0.4) is 0 Å². The molecule has 0 atom stereocenters. The summed E-state index contributed by atoms with van der Waals surface area (Å²) >= 11 is 0. The van der Waals surface area contributed by atoms with E-state index in [2.05, 4.69) is 41.7 Å². The van der Waals surface area contributed by atoms with Gasteiger partial charge in [0, 0.05) is 49.2 Å². The van der Waals surface area contributed by atoms with Gasteiger partial charge >= 0.3 is 0 Å². The number of hydrogen-bond acceptors (Lipinski definition) is 3. The number of nitrogens with zero attached hydrogens (tertiary/aromatic N) is 2. The van der Waals surface area contributed by atoms with E-state index in [1.165, 1.54) is 12.1 Å². The fraction of sp³-hybridized carbons (Fsp3) is 0.111. The molecule has 51 heavy (non-hydrogen) atoms. The summed E-state index contributed by atoms with van der Waals surface area (Å²) in [6.45, 7) is 6.54. The van der Waals surface area contributed by atoms with Crippen molar-refractivity contribution in [1.82, 2.24) is 9.97 Å². The van der Waals surface area contributed by atoms with E-state index in [-0.39, 0.29) is 25.9 Å². The van der Waals surface area contributed by atoms with Gasteiger partial charge in [-0.25, -0.2) is 0 Å². The summed E-state index contributed by atoms with van der Waals surface area (Å²) in [4.78, 5) is 9.01. The molecule has 3 nitrogen and oxygen atoms in total. The standard InChI is InChI=1S/C24H16NO.C21H21FNSi.Ir/c1-2-7-17(8-3-1)15-18-13-14-25-22(16-18)21-11-6-10-20-19-9-4-5-12-23(19)26-24(20)21;1-24(2,3)21-15-23-20(17-9-11-19(22)12-10-17)14-18(21)13-16-7-5-4-6-8-16;/h1-10,12-14,16H,15H2;4-9,11-12,14-15H,13H2,1-3H3;/q2*-1;/i15D2;13D2;. The molecule has 0 bridgehead atoms. The zero-order valence-corrected chi connectivity index (χ0v) is 31.8. The molecule has 5 aromatic carbocycles. The van der Waals surface area contributed by atoms with Crippen LogP contribution in [0.15, 0.2) is 150 Å². The SMILES string of the molecule is [2H]C([2H])(c1ccccc1)c1cc(-c2[c-]cc(F)cc2)ncc1[Si](C)(C)C.[2H]C([2H])(c1ccccc1)c1ccnc(-c2[c-]ccc3c2oc2ccccc23)c1.[Ir]. The van der Waals surface area contributed by atoms with Gasteiger partial charge in [0.15, 0.2) is 0 Å². The molecule has 0 amide bonds. The molecule has 0 aliphatic rings. The third-order valence-electron chi connectivity index (χ3n) is 8.23. The summed E-state index contributed by atoms with van der Waals surface area (Å²) in [5.41, 5.74) is 6.55. The summed E-state index contributed by atoms with van der Waals surface area (Å²) < 4.78 is 54.2. The predicted octanol–water partition coefficient (Wildman–Crippen LogP) is 10.9. The minimum Gasteiger partial charge on any atom is -0.501 e. The van der Waals surface area contributed by atoms with Gasteiger partial charge in [0.25, 0.3) is 0 Å². The minimum absolute atomic E-state index is 0. The molecule has 0 saturated heterocycles. The molecule has 0 aliphatic carbocycles. The number of para-hydroxylation sites is 1. The number of benzene rings is 5. The molecule has 0 aliphatic heterocycles. The van der Waals surface area contributed by atoms with Gasteiger partial charge in [-0.3, -0.25) is 4.39 Å². The Kier molecular flexibility index (Phi) is 9.60. The summed E-state index contributed by atoms with van der Waals surface area (Å²) in [6, 6.07) is 45.8. The van der Waals surface area contributed by atoms with Crippen molar-refractivity contribution >= 4 is 35.2 Å². The molecule has 0 unspecified atom stereocenters. The van der Waals surface area contributed by atoms with E-state index in [9.17, 15) is 4.39 Å². The van der Waals surface area contributed by atoms with Crippen LogP contribution >= 0.6 is 0 Å². The largest absolute Gasteiger partial charge is 0.501 e. The van der Waals surface area contributed by atoms with Crippen molar-refractivity contribution in [3.05, 3.63) is 186 Å². The third kappa shape index (κ3) is 8.49. The maximum absolute atomic E-state index is 13.2. The van der Waals surface area contributed by atoms with Crippen LogP contribution in [0.25, 0.3) is 44.5 Å². The maximum Gasteiger partial charge on any atom is 0.120 e. The van der Waals surface area contributed by atoms with Gasteiger partial charge in [-0.2, -0.15) is 0 Å². The van der Waals surface area contributed by atoms with Crippen LogP contribution < -0.4 is 5.19 Å². The molecule has 8 rings (SSSR count). The first kappa shape index (κ1) is 30.8. The fourth-order valence-corrected chi connectivity index (χ4v) is 7.15. The minimum atomic E-state index is -1.83. The van der Waals surface area contributed by atoms with E-state index in [0.717, 1.165) is 27.1 Å². The molecule has 0 fully saturated rings. The number of fused-ring (bicyclic) bond motifs is 3. The molecule has 1 radical (unpaired) electrons. The monoisotopic (exact) mass is 865 g/mol. The van der Waals surface area contributed by atoms with Crippen molar-refractivity contribution < 1.29 is 34.4 Å². The van der Waals surface area contributed by atoms with Crippen molar-refractivity contribution in [1.29, 1.82) is 0 Å². The molecule has 6 heteroatoms. The molecule has 3 heterocycles. The summed E-state index contributed by atoms with van der Waals surface area (Å²) in [5, 5.41) is 3.03. The number of rotatable bonds is 7. The number of pyridine rings is 2. The number of furan rings is 1. The van der Waals surface area contributed by atoms with Crippen molar-refractivity contribution in [2.45, 2.75) is 32.4 Å². The fourth-order valence-electron chi connectivity index (χ4n) is 5.76. The Balaban J connectivity index is 0.000000184. The van der Waals surface area contributed by atoms with Crippen LogP contribution in [-0.4, -0.2) is 18.0 Å². The quantitative estimate of drug-likeness (QED) is 0.118. The van der Waals surface area contributed by atoms with Gasteiger partial charge in [0.05, 0.1) is 13.7 Å². The normalized spacial score (nSPS) is 12.9. The first-order valence-electron chi connectivity index (χ1n) is 18.4. The van der Waals surface area contributed by atoms with Gasteiger partial charge in [-0.05, 0) is 58.1 Å². The van der Waals surface area contributed by atoms with E-state index in [4.69, 9.17) is 9.90 Å². The third-order valence-corrected chi connectivity index (χ3v) is 10.2. The van der Waals surface area contributed by atoms with Crippen molar-refractivity contribution in [3.63, 3.8) is 0 Å². The van der Waals surface area contributed by atoms with E-state index in [0.29, 0.717) is 44.8 Å². The molecule has 0 spiro atoms. The maximum atomic E-state index is 13.2. The van der Waals surface area contributed by atoms with Gasteiger partial charge in [0.2, 0.25) is 0 Å². The van der Waals surface area contributed by atoms with E-state index >= 15 is 0 Å². The Labute approximate surface area is 319 Å². The van der Waals surface area contributed by atoms with Gasteiger partial charge < -0.3 is 14.4 Å². The Morgan fingerprint density at radius 1 is 0.706 bits per heavy atom. The van der Waals surface area contributed by atoms with Crippen LogP contribution in [0.2, 0.25) is 19.6 Å². The topological polar surface area (TPSA) is 38.9 Å². The van der Waals surface area contributed by atoms with E-state index in [1.807, 2.05) is 72.8 Å². The molecule has 8 aromatic rings. The molecule has 3 aromatic heterocycles. The molecular weight excluding hydrogens is 824 g/mol. The predicted molar refractivity (Wildman–Crippen MR) is 206 cm³/mol. The van der Waals surface area contributed by atoms with Crippen molar-refractivity contribution in [2.75, 3.05) is 0 Å².